The number of hydrogen-bond donors (Lipinski definition) is 1. The quantitative estimate of drug-likeness (QED) is 0.871. The fourth-order valence-corrected chi connectivity index (χ4v) is 3.18. The second-order valence-electron chi connectivity index (χ2n) is 5.43. The normalized spacial score (nSPS) is 23.4. The summed E-state index contributed by atoms with van der Waals surface area (Å²) in [4.78, 5) is 20.2. The minimum atomic E-state index is -0.892. The van der Waals surface area contributed by atoms with E-state index in [0.29, 0.717) is 11.6 Å². The van der Waals surface area contributed by atoms with Crippen molar-refractivity contribution in [3.8, 4) is 0 Å². The van der Waals surface area contributed by atoms with Gasteiger partial charge in [-0.05, 0) is 32.4 Å². The minimum Gasteiger partial charge on any atom is -0.478 e. The molecule has 1 unspecified atom stereocenters. The first kappa shape index (κ1) is 12.4. The highest BCUT2D eigenvalue weighted by atomic mass is 16.4. The standard InChI is InChI=1S/C14H19N3O2/c1-10-7-13(12(8-15-10)14(18)19)17-6-5-16-4-2-3-11(16)9-17/h7-8,11H,2-6,9H2,1H3,(H,18,19). The topological polar surface area (TPSA) is 56.7 Å². The maximum Gasteiger partial charge on any atom is 0.339 e. The summed E-state index contributed by atoms with van der Waals surface area (Å²) in [5.74, 6) is -0.892. The van der Waals surface area contributed by atoms with Crippen LogP contribution >= 0.6 is 0 Å². The maximum atomic E-state index is 11.3. The molecule has 0 saturated carbocycles. The first-order chi connectivity index (χ1) is 9.15. The summed E-state index contributed by atoms with van der Waals surface area (Å²) in [6, 6.07) is 2.48. The van der Waals surface area contributed by atoms with Crippen LogP contribution in [0.1, 0.15) is 28.9 Å². The average Bonchev–Trinajstić information content (AvgIpc) is 2.85. The highest BCUT2D eigenvalue weighted by molar-refractivity contribution is 5.94. The lowest BCUT2D eigenvalue weighted by Gasteiger charge is -2.39. The van der Waals surface area contributed by atoms with E-state index in [9.17, 15) is 9.90 Å². The van der Waals surface area contributed by atoms with Crippen molar-refractivity contribution < 1.29 is 9.90 Å². The third-order valence-corrected chi connectivity index (χ3v) is 4.18. The number of hydrogen-bond acceptors (Lipinski definition) is 4. The largest absolute Gasteiger partial charge is 0.478 e. The Hall–Kier alpha value is -1.62. The van der Waals surface area contributed by atoms with E-state index in [1.54, 1.807) is 0 Å². The van der Waals surface area contributed by atoms with Crippen molar-refractivity contribution in [1.29, 1.82) is 0 Å². The van der Waals surface area contributed by atoms with Crippen molar-refractivity contribution in [2.75, 3.05) is 31.1 Å². The fraction of sp³-hybridized carbons (Fsp3) is 0.571. The molecule has 2 saturated heterocycles. The maximum absolute atomic E-state index is 11.3. The van der Waals surface area contributed by atoms with Gasteiger partial charge in [-0.15, -0.1) is 0 Å². The molecule has 5 nitrogen and oxygen atoms in total. The number of aromatic nitrogens is 1. The molecule has 102 valence electrons. The molecular formula is C14H19N3O2. The molecule has 0 aromatic carbocycles. The summed E-state index contributed by atoms with van der Waals surface area (Å²) in [6.07, 6.45) is 3.97. The van der Waals surface area contributed by atoms with Crippen molar-refractivity contribution in [1.82, 2.24) is 9.88 Å². The van der Waals surface area contributed by atoms with Crippen LogP contribution in [0.25, 0.3) is 0 Å². The Balaban J connectivity index is 1.89. The van der Waals surface area contributed by atoms with Crippen LogP contribution in [0.4, 0.5) is 5.69 Å². The summed E-state index contributed by atoms with van der Waals surface area (Å²) >= 11 is 0. The van der Waals surface area contributed by atoms with Gasteiger partial charge < -0.3 is 10.0 Å². The molecule has 5 heteroatoms. The van der Waals surface area contributed by atoms with Crippen molar-refractivity contribution in [2.45, 2.75) is 25.8 Å². The third kappa shape index (κ3) is 2.30. The molecule has 2 aliphatic rings. The van der Waals surface area contributed by atoms with Gasteiger partial charge in [-0.25, -0.2) is 4.79 Å². The second kappa shape index (κ2) is 4.81. The lowest BCUT2D eigenvalue weighted by Crippen LogP contribution is -2.50. The van der Waals surface area contributed by atoms with Gasteiger partial charge in [0.25, 0.3) is 0 Å². The van der Waals surface area contributed by atoms with E-state index in [0.717, 1.165) is 31.0 Å². The van der Waals surface area contributed by atoms with Gasteiger partial charge in [0.1, 0.15) is 5.56 Å². The Kier molecular flexibility index (Phi) is 3.14. The number of carboxylic acids is 1. The molecular weight excluding hydrogens is 242 g/mol. The SMILES string of the molecule is Cc1cc(N2CCN3CCCC3C2)c(C(=O)O)cn1. The number of anilines is 1. The van der Waals surface area contributed by atoms with Crippen LogP contribution in [0.3, 0.4) is 0 Å². The smallest absolute Gasteiger partial charge is 0.339 e. The average molecular weight is 261 g/mol. The molecule has 1 N–H and O–H groups in total. The minimum absolute atomic E-state index is 0.317. The van der Waals surface area contributed by atoms with E-state index in [-0.39, 0.29) is 0 Å². The Bertz CT molecular complexity index is 503. The summed E-state index contributed by atoms with van der Waals surface area (Å²) in [6.45, 7) is 5.97. The van der Waals surface area contributed by atoms with Crippen LogP contribution in [0.15, 0.2) is 12.3 Å². The van der Waals surface area contributed by atoms with E-state index in [1.165, 1.54) is 25.6 Å². The monoisotopic (exact) mass is 261 g/mol. The number of fused-ring (bicyclic) bond motifs is 1. The Labute approximate surface area is 112 Å². The number of nitrogens with zero attached hydrogens (tertiary/aromatic N) is 3. The van der Waals surface area contributed by atoms with E-state index >= 15 is 0 Å². The van der Waals surface area contributed by atoms with Crippen LogP contribution < -0.4 is 4.90 Å². The van der Waals surface area contributed by atoms with Crippen LogP contribution in [0.2, 0.25) is 0 Å². The van der Waals surface area contributed by atoms with Gasteiger partial charge >= 0.3 is 5.97 Å². The Morgan fingerprint density at radius 2 is 2.26 bits per heavy atom. The highest BCUT2D eigenvalue weighted by Gasteiger charge is 2.31. The molecule has 2 aliphatic heterocycles. The molecule has 3 heterocycles. The zero-order valence-electron chi connectivity index (χ0n) is 11.2. The number of aryl methyl sites for hydroxylation is 1. The zero-order valence-corrected chi connectivity index (χ0v) is 11.2. The number of piperazine rings is 1. The molecule has 0 radical (unpaired) electrons. The number of carbonyl (C=O) groups is 1. The lowest BCUT2D eigenvalue weighted by molar-refractivity contribution is 0.0696. The molecule has 1 aromatic rings. The molecule has 0 bridgehead atoms. The molecule has 19 heavy (non-hydrogen) atoms. The van der Waals surface area contributed by atoms with Crippen LogP contribution in [-0.2, 0) is 0 Å². The van der Waals surface area contributed by atoms with Crippen LogP contribution in [0, 0.1) is 6.92 Å². The van der Waals surface area contributed by atoms with Gasteiger partial charge in [-0.1, -0.05) is 0 Å². The van der Waals surface area contributed by atoms with E-state index in [2.05, 4.69) is 14.8 Å². The number of pyridine rings is 1. The molecule has 3 rings (SSSR count). The predicted molar refractivity (Wildman–Crippen MR) is 72.7 cm³/mol. The van der Waals surface area contributed by atoms with E-state index in [1.807, 2.05) is 13.0 Å². The molecule has 2 fully saturated rings. The first-order valence-electron chi connectivity index (χ1n) is 6.84. The molecule has 0 aliphatic carbocycles. The second-order valence-corrected chi connectivity index (χ2v) is 5.43. The first-order valence-corrected chi connectivity index (χ1v) is 6.84. The van der Waals surface area contributed by atoms with Crippen LogP contribution in [0.5, 0.6) is 0 Å². The van der Waals surface area contributed by atoms with Crippen molar-refractivity contribution in [3.05, 3.63) is 23.5 Å². The van der Waals surface area contributed by atoms with Gasteiger partial charge in [0.15, 0.2) is 0 Å². The predicted octanol–water partition coefficient (Wildman–Crippen LogP) is 1.37. The van der Waals surface area contributed by atoms with Crippen molar-refractivity contribution >= 4 is 11.7 Å². The van der Waals surface area contributed by atoms with Gasteiger partial charge in [0.05, 0.1) is 5.69 Å². The van der Waals surface area contributed by atoms with Gasteiger partial charge in [-0.2, -0.15) is 0 Å². The van der Waals surface area contributed by atoms with E-state index in [4.69, 9.17) is 0 Å². The lowest BCUT2D eigenvalue weighted by atomic mass is 10.1. The Morgan fingerprint density at radius 3 is 3.05 bits per heavy atom. The van der Waals surface area contributed by atoms with Crippen molar-refractivity contribution in [2.24, 2.45) is 0 Å². The summed E-state index contributed by atoms with van der Waals surface area (Å²) in [7, 11) is 0. The van der Waals surface area contributed by atoms with Gasteiger partial charge in [0.2, 0.25) is 0 Å². The summed E-state index contributed by atoms with van der Waals surface area (Å²) in [5.41, 5.74) is 2.01. The molecule has 1 atom stereocenters. The number of aromatic carboxylic acids is 1. The Morgan fingerprint density at radius 1 is 1.42 bits per heavy atom. The fourth-order valence-electron chi connectivity index (χ4n) is 3.18. The van der Waals surface area contributed by atoms with Crippen LogP contribution in [-0.4, -0.2) is 53.2 Å². The zero-order chi connectivity index (χ0) is 13.4. The third-order valence-electron chi connectivity index (χ3n) is 4.18. The molecule has 1 aromatic heterocycles. The highest BCUT2D eigenvalue weighted by Crippen LogP contribution is 2.28. The van der Waals surface area contributed by atoms with E-state index < -0.39 is 5.97 Å². The van der Waals surface area contributed by atoms with Gasteiger partial charge in [0, 0.05) is 37.6 Å². The number of rotatable bonds is 2. The van der Waals surface area contributed by atoms with Crippen molar-refractivity contribution in [3.63, 3.8) is 0 Å². The number of carboxylic acid groups (broad SMARTS) is 1. The summed E-state index contributed by atoms with van der Waals surface area (Å²) in [5, 5.41) is 9.30. The van der Waals surface area contributed by atoms with Gasteiger partial charge in [-0.3, -0.25) is 9.88 Å². The molecule has 0 amide bonds. The summed E-state index contributed by atoms with van der Waals surface area (Å²) < 4.78 is 0. The molecule has 0 spiro atoms.